The molecule has 0 heterocycles. The van der Waals surface area contributed by atoms with E-state index in [1.54, 1.807) is 25.1 Å². The first-order valence-electron chi connectivity index (χ1n) is 7.68. The average Bonchev–Trinajstić information content (AvgIpc) is 2.50. The smallest absolute Gasteiger partial charge is 0.335 e. The zero-order valence-corrected chi connectivity index (χ0v) is 14.6. The van der Waals surface area contributed by atoms with Gasteiger partial charge in [-0.05, 0) is 37.0 Å². The minimum Gasteiger partial charge on any atom is -0.454 e. The van der Waals surface area contributed by atoms with Crippen molar-refractivity contribution in [1.29, 1.82) is 0 Å². The van der Waals surface area contributed by atoms with Gasteiger partial charge in [0.1, 0.15) is 0 Å². The normalized spacial score (nSPS) is 12.0. The van der Waals surface area contributed by atoms with Gasteiger partial charge in [0.2, 0.25) is 0 Å². The Bertz CT molecular complexity index is 519. The number of amides is 1. The first kappa shape index (κ1) is 19.5. The summed E-state index contributed by atoms with van der Waals surface area (Å²) in [4.78, 5) is 23.4. The van der Waals surface area contributed by atoms with Crippen LogP contribution in [0.4, 0.5) is 0 Å². The van der Waals surface area contributed by atoms with Gasteiger partial charge in [-0.15, -0.1) is 0 Å². The van der Waals surface area contributed by atoms with E-state index < -0.39 is 12.1 Å². The molecule has 128 valence electrons. The van der Waals surface area contributed by atoms with E-state index in [0.717, 1.165) is 12.0 Å². The number of hydrogen-bond acceptors (Lipinski definition) is 4. The first-order valence-corrected chi connectivity index (χ1v) is 8.05. The summed E-state index contributed by atoms with van der Waals surface area (Å²) in [6.07, 6.45) is 0.201. The Morgan fingerprint density at radius 3 is 2.65 bits per heavy atom. The van der Waals surface area contributed by atoms with Crippen molar-refractivity contribution < 1.29 is 19.1 Å². The highest BCUT2D eigenvalue weighted by molar-refractivity contribution is 6.30. The second-order valence-corrected chi connectivity index (χ2v) is 6.15. The molecule has 1 atom stereocenters. The van der Waals surface area contributed by atoms with Gasteiger partial charge in [0.15, 0.2) is 12.7 Å². The molecule has 0 bridgehead atoms. The number of ether oxygens (including phenoxy) is 2. The van der Waals surface area contributed by atoms with Crippen molar-refractivity contribution in [3.63, 3.8) is 0 Å². The van der Waals surface area contributed by atoms with E-state index >= 15 is 0 Å². The molecule has 0 aliphatic carbocycles. The third-order valence-corrected chi connectivity index (χ3v) is 3.35. The van der Waals surface area contributed by atoms with Gasteiger partial charge in [-0.2, -0.15) is 0 Å². The van der Waals surface area contributed by atoms with E-state index in [1.807, 2.05) is 6.07 Å². The average molecular weight is 342 g/mol. The van der Waals surface area contributed by atoms with Crippen LogP contribution in [0.5, 0.6) is 0 Å². The largest absolute Gasteiger partial charge is 0.454 e. The van der Waals surface area contributed by atoms with Crippen LogP contribution in [0, 0.1) is 5.92 Å². The molecule has 5 nitrogen and oxygen atoms in total. The predicted octanol–water partition coefficient (Wildman–Crippen LogP) is 2.95. The van der Waals surface area contributed by atoms with Gasteiger partial charge in [0.05, 0.1) is 0 Å². The van der Waals surface area contributed by atoms with Crippen molar-refractivity contribution in [3.8, 4) is 0 Å². The van der Waals surface area contributed by atoms with E-state index in [-0.39, 0.29) is 12.5 Å². The van der Waals surface area contributed by atoms with Crippen molar-refractivity contribution in [2.24, 2.45) is 5.92 Å². The zero-order valence-electron chi connectivity index (χ0n) is 13.8. The van der Waals surface area contributed by atoms with Gasteiger partial charge in [-0.3, -0.25) is 4.79 Å². The molecule has 0 spiro atoms. The lowest BCUT2D eigenvalue weighted by molar-refractivity contribution is -0.159. The lowest BCUT2D eigenvalue weighted by Gasteiger charge is -2.13. The molecule has 6 heteroatoms. The Balaban J connectivity index is 2.23. The molecule has 0 aliphatic rings. The van der Waals surface area contributed by atoms with Crippen molar-refractivity contribution in [2.75, 3.05) is 13.2 Å². The summed E-state index contributed by atoms with van der Waals surface area (Å²) < 4.78 is 10.3. The third-order valence-electron chi connectivity index (χ3n) is 3.12. The fourth-order valence-corrected chi connectivity index (χ4v) is 1.91. The minimum absolute atomic E-state index is 0.322. The number of esters is 1. The summed E-state index contributed by atoms with van der Waals surface area (Å²) >= 11 is 5.86. The van der Waals surface area contributed by atoms with Crippen molar-refractivity contribution >= 4 is 23.5 Å². The van der Waals surface area contributed by atoms with Crippen LogP contribution in [0.2, 0.25) is 5.02 Å². The van der Waals surface area contributed by atoms with Gasteiger partial charge in [0, 0.05) is 18.2 Å². The van der Waals surface area contributed by atoms with Gasteiger partial charge < -0.3 is 14.8 Å². The van der Waals surface area contributed by atoms with Gasteiger partial charge in [0.25, 0.3) is 5.91 Å². The van der Waals surface area contributed by atoms with Crippen LogP contribution in [-0.4, -0.2) is 31.2 Å². The van der Waals surface area contributed by atoms with E-state index in [2.05, 4.69) is 19.2 Å². The van der Waals surface area contributed by atoms with Crippen LogP contribution in [0.3, 0.4) is 0 Å². The lowest BCUT2D eigenvalue weighted by atomic mass is 10.1. The highest BCUT2D eigenvalue weighted by Gasteiger charge is 2.16. The summed E-state index contributed by atoms with van der Waals surface area (Å²) in [6.45, 7) is 6.28. The maximum absolute atomic E-state index is 11.7. The number of nitrogens with one attached hydrogen (secondary N) is 1. The molecule has 1 aromatic rings. The molecule has 0 aliphatic heterocycles. The monoisotopic (exact) mass is 341 g/mol. The maximum Gasteiger partial charge on any atom is 0.335 e. The van der Waals surface area contributed by atoms with Crippen LogP contribution in [-0.2, 0) is 25.6 Å². The molecule has 0 saturated carbocycles. The molecule has 0 saturated heterocycles. The maximum atomic E-state index is 11.7. The summed E-state index contributed by atoms with van der Waals surface area (Å²) in [5.74, 6) is -0.394. The van der Waals surface area contributed by atoms with E-state index in [4.69, 9.17) is 21.1 Å². The first-order chi connectivity index (χ1) is 10.9. The third kappa shape index (κ3) is 8.57. The molecule has 0 fully saturated rings. The van der Waals surface area contributed by atoms with Gasteiger partial charge in [-0.1, -0.05) is 37.6 Å². The summed E-state index contributed by atoms with van der Waals surface area (Å²) in [5, 5.41) is 3.27. The SMILES string of the molecule is CC(C)CCOC(C)C(=O)OCC(=O)NCc1cccc(Cl)c1. The van der Waals surface area contributed by atoms with E-state index in [9.17, 15) is 9.59 Å². The minimum atomic E-state index is -0.672. The molecule has 0 aromatic heterocycles. The van der Waals surface area contributed by atoms with Crippen LogP contribution in [0.25, 0.3) is 0 Å². The lowest BCUT2D eigenvalue weighted by Crippen LogP contribution is -2.31. The number of carbonyl (C=O) groups is 2. The second kappa shape index (κ2) is 10.2. The Morgan fingerprint density at radius 2 is 2.00 bits per heavy atom. The second-order valence-electron chi connectivity index (χ2n) is 5.71. The molecule has 1 rings (SSSR count). The molecule has 1 aromatic carbocycles. The molecule has 0 radical (unpaired) electrons. The van der Waals surface area contributed by atoms with Crippen LogP contribution in [0.15, 0.2) is 24.3 Å². The quantitative estimate of drug-likeness (QED) is 0.701. The zero-order chi connectivity index (χ0) is 17.2. The standard InChI is InChI=1S/C17H24ClNO4/c1-12(2)7-8-22-13(3)17(21)23-11-16(20)19-10-14-5-4-6-15(18)9-14/h4-6,9,12-13H,7-8,10-11H2,1-3H3,(H,19,20). The molecule has 1 amide bonds. The fraction of sp³-hybridized carbons (Fsp3) is 0.529. The summed E-state index contributed by atoms with van der Waals surface area (Å²) in [7, 11) is 0. The van der Waals surface area contributed by atoms with E-state index in [1.165, 1.54) is 0 Å². The van der Waals surface area contributed by atoms with Crippen molar-refractivity contribution in [2.45, 2.75) is 39.8 Å². The van der Waals surface area contributed by atoms with Crippen molar-refractivity contribution in [1.82, 2.24) is 5.32 Å². The van der Waals surface area contributed by atoms with Crippen LogP contribution in [0.1, 0.15) is 32.8 Å². The number of benzene rings is 1. The molecular weight excluding hydrogens is 318 g/mol. The number of rotatable bonds is 9. The summed E-state index contributed by atoms with van der Waals surface area (Å²) in [6, 6.07) is 7.18. The Hall–Kier alpha value is -1.59. The van der Waals surface area contributed by atoms with Gasteiger partial charge in [-0.25, -0.2) is 4.79 Å². The summed E-state index contributed by atoms with van der Waals surface area (Å²) in [5.41, 5.74) is 0.877. The number of carbonyl (C=O) groups excluding carboxylic acids is 2. The fourth-order valence-electron chi connectivity index (χ4n) is 1.70. The number of hydrogen-bond donors (Lipinski definition) is 1. The number of halogens is 1. The molecule has 1 N–H and O–H groups in total. The molecule has 23 heavy (non-hydrogen) atoms. The highest BCUT2D eigenvalue weighted by Crippen LogP contribution is 2.10. The Labute approximate surface area is 142 Å². The highest BCUT2D eigenvalue weighted by atomic mass is 35.5. The van der Waals surface area contributed by atoms with Gasteiger partial charge >= 0.3 is 5.97 Å². The van der Waals surface area contributed by atoms with Crippen LogP contribution >= 0.6 is 11.6 Å². The molecular formula is C17H24ClNO4. The van der Waals surface area contributed by atoms with Crippen LogP contribution < -0.4 is 5.32 Å². The Morgan fingerprint density at radius 1 is 1.26 bits per heavy atom. The van der Waals surface area contributed by atoms with E-state index in [0.29, 0.717) is 24.1 Å². The molecule has 1 unspecified atom stereocenters. The van der Waals surface area contributed by atoms with Crippen molar-refractivity contribution in [3.05, 3.63) is 34.9 Å². The topological polar surface area (TPSA) is 64.6 Å². The Kier molecular flexibility index (Phi) is 8.66. The predicted molar refractivity (Wildman–Crippen MR) is 89.1 cm³/mol.